The van der Waals surface area contributed by atoms with Gasteiger partial charge >= 0.3 is 12.0 Å². The van der Waals surface area contributed by atoms with Gasteiger partial charge < -0.3 is 25.3 Å². The number of likely N-dealkylation sites (tertiary alicyclic amines) is 1. The molecule has 2 atom stereocenters. The summed E-state index contributed by atoms with van der Waals surface area (Å²) in [4.78, 5) is 25.9. The molecule has 1 fully saturated rings. The largest absolute Gasteiger partial charge is 0.479 e. The molecule has 1 saturated heterocycles. The number of hydrogen-bond acceptors (Lipinski definition) is 4. The van der Waals surface area contributed by atoms with Crippen molar-refractivity contribution in [3.05, 3.63) is 0 Å². The Labute approximate surface area is 106 Å². The van der Waals surface area contributed by atoms with Crippen LogP contribution in [0.15, 0.2) is 0 Å². The Morgan fingerprint density at radius 3 is 2.67 bits per heavy atom. The van der Waals surface area contributed by atoms with E-state index in [0.717, 1.165) is 6.42 Å². The van der Waals surface area contributed by atoms with E-state index >= 15 is 0 Å². The van der Waals surface area contributed by atoms with Crippen LogP contribution in [-0.2, 0) is 4.79 Å². The Bertz CT molecular complexity index is 309. The molecule has 1 rings (SSSR count). The summed E-state index contributed by atoms with van der Waals surface area (Å²) < 4.78 is 0. The molecule has 1 aliphatic rings. The first-order chi connectivity index (χ1) is 8.41. The number of amides is 2. The Morgan fingerprint density at radius 2 is 2.17 bits per heavy atom. The highest BCUT2D eigenvalue weighted by atomic mass is 16.4. The molecule has 0 spiro atoms. The zero-order valence-corrected chi connectivity index (χ0v) is 10.8. The summed E-state index contributed by atoms with van der Waals surface area (Å²) >= 11 is 0. The van der Waals surface area contributed by atoms with Crippen molar-refractivity contribution in [1.82, 2.24) is 15.1 Å². The molecule has 1 heterocycles. The van der Waals surface area contributed by atoms with E-state index in [1.54, 1.807) is 4.90 Å². The molecular weight excluding hydrogens is 238 g/mol. The van der Waals surface area contributed by atoms with Crippen LogP contribution in [-0.4, -0.2) is 77.9 Å². The average molecular weight is 259 g/mol. The normalized spacial score (nSPS) is 21.1. The number of carboxylic acid groups (broad SMARTS) is 1. The van der Waals surface area contributed by atoms with Crippen molar-refractivity contribution in [2.24, 2.45) is 0 Å². The molecule has 0 aromatic carbocycles. The monoisotopic (exact) mass is 259 g/mol. The standard InChI is InChI=1S/C11H21N3O4/c1-13(2)8-4-6-14(7-8)11(18)12-5-3-9(15)10(16)17/h8-9,15H,3-7H2,1-2H3,(H,12,18)(H,16,17). The number of likely N-dealkylation sites (N-methyl/N-ethyl adjacent to an activating group) is 1. The number of aliphatic carboxylic acids is 1. The van der Waals surface area contributed by atoms with Crippen LogP contribution in [0.3, 0.4) is 0 Å². The fourth-order valence-electron chi connectivity index (χ4n) is 1.90. The lowest BCUT2D eigenvalue weighted by atomic mass is 10.2. The van der Waals surface area contributed by atoms with Crippen LogP contribution in [0.1, 0.15) is 12.8 Å². The van der Waals surface area contributed by atoms with Crippen molar-refractivity contribution < 1.29 is 19.8 Å². The number of aliphatic hydroxyl groups excluding tert-OH is 1. The van der Waals surface area contributed by atoms with Crippen molar-refractivity contribution in [1.29, 1.82) is 0 Å². The summed E-state index contributed by atoms with van der Waals surface area (Å²) in [5.74, 6) is -1.27. The maximum absolute atomic E-state index is 11.7. The van der Waals surface area contributed by atoms with Crippen molar-refractivity contribution >= 4 is 12.0 Å². The molecule has 0 bridgehead atoms. The molecule has 7 heteroatoms. The van der Waals surface area contributed by atoms with Gasteiger partial charge in [-0.1, -0.05) is 0 Å². The minimum Gasteiger partial charge on any atom is -0.479 e. The first-order valence-electron chi connectivity index (χ1n) is 6.02. The summed E-state index contributed by atoms with van der Waals surface area (Å²) in [6.07, 6.45) is -0.456. The van der Waals surface area contributed by atoms with Crippen LogP contribution in [0.5, 0.6) is 0 Å². The Kier molecular flexibility index (Phi) is 5.36. The van der Waals surface area contributed by atoms with E-state index in [4.69, 9.17) is 10.2 Å². The second-order valence-electron chi connectivity index (χ2n) is 4.73. The summed E-state index contributed by atoms with van der Waals surface area (Å²) in [6, 6.07) is 0.178. The summed E-state index contributed by atoms with van der Waals surface area (Å²) in [5.41, 5.74) is 0. The van der Waals surface area contributed by atoms with E-state index in [1.807, 2.05) is 14.1 Å². The van der Waals surface area contributed by atoms with Crippen LogP contribution in [0, 0.1) is 0 Å². The van der Waals surface area contributed by atoms with Crippen LogP contribution >= 0.6 is 0 Å². The van der Waals surface area contributed by atoms with Crippen LogP contribution in [0.2, 0.25) is 0 Å². The lowest BCUT2D eigenvalue weighted by Gasteiger charge is -2.20. The molecule has 0 aromatic rings. The third-order valence-corrected chi connectivity index (χ3v) is 3.16. The summed E-state index contributed by atoms with van der Waals surface area (Å²) in [6.45, 7) is 1.55. The van der Waals surface area contributed by atoms with Gasteiger partial charge in [0.2, 0.25) is 0 Å². The predicted octanol–water partition coefficient (Wildman–Crippen LogP) is -0.832. The van der Waals surface area contributed by atoms with Gasteiger partial charge in [0, 0.05) is 32.1 Å². The molecule has 3 N–H and O–H groups in total. The lowest BCUT2D eigenvalue weighted by molar-refractivity contribution is -0.146. The molecule has 0 radical (unpaired) electrons. The first kappa shape index (κ1) is 14.7. The number of rotatable bonds is 5. The van der Waals surface area contributed by atoms with E-state index in [2.05, 4.69) is 10.2 Å². The number of aliphatic hydroxyl groups is 1. The number of carbonyl (C=O) groups excluding carboxylic acids is 1. The van der Waals surface area contributed by atoms with Gasteiger partial charge in [-0.3, -0.25) is 0 Å². The van der Waals surface area contributed by atoms with Crippen LogP contribution in [0.25, 0.3) is 0 Å². The minimum absolute atomic E-state index is 0.0199. The molecule has 0 saturated carbocycles. The van der Waals surface area contributed by atoms with Gasteiger partial charge in [-0.05, 0) is 20.5 Å². The second-order valence-corrected chi connectivity index (χ2v) is 4.73. The van der Waals surface area contributed by atoms with Crippen LogP contribution in [0.4, 0.5) is 4.79 Å². The maximum atomic E-state index is 11.7. The molecule has 0 aromatic heterocycles. The number of urea groups is 1. The topological polar surface area (TPSA) is 93.1 Å². The molecule has 2 amide bonds. The molecule has 18 heavy (non-hydrogen) atoms. The predicted molar refractivity (Wildman–Crippen MR) is 65.3 cm³/mol. The molecule has 0 aliphatic carbocycles. The fraction of sp³-hybridized carbons (Fsp3) is 0.818. The second kappa shape index (κ2) is 6.55. The van der Waals surface area contributed by atoms with E-state index in [-0.39, 0.29) is 19.0 Å². The highest BCUT2D eigenvalue weighted by Gasteiger charge is 2.27. The number of nitrogens with zero attached hydrogens (tertiary/aromatic N) is 2. The van der Waals surface area contributed by atoms with E-state index < -0.39 is 12.1 Å². The lowest BCUT2D eigenvalue weighted by Crippen LogP contribution is -2.41. The third kappa shape index (κ3) is 4.15. The van der Waals surface area contributed by atoms with Gasteiger partial charge in [0.25, 0.3) is 0 Å². The van der Waals surface area contributed by atoms with Crippen molar-refractivity contribution in [2.75, 3.05) is 33.7 Å². The van der Waals surface area contributed by atoms with Crippen molar-refractivity contribution in [3.8, 4) is 0 Å². The zero-order valence-electron chi connectivity index (χ0n) is 10.8. The number of nitrogens with one attached hydrogen (secondary N) is 1. The number of carbonyl (C=O) groups is 2. The van der Waals surface area contributed by atoms with Gasteiger partial charge in [0.1, 0.15) is 0 Å². The van der Waals surface area contributed by atoms with Crippen molar-refractivity contribution in [2.45, 2.75) is 25.0 Å². The van der Waals surface area contributed by atoms with Crippen LogP contribution < -0.4 is 5.32 Å². The number of carboxylic acids is 1. The first-order valence-corrected chi connectivity index (χ1v) is 6.02. The zero-order chi connectivity index (χ0) is 13.7. The molecular formula is C11H21N3O4. The Balaban J connectivity index is 2.24. The molecule has 2 unspecified atom stereocenters. The van der Waals surface area contributed by atoms with Gasteiger partial charge in [0.15, 0.2) is 6.10 Å². The minimum atomic E-state index is -1.42. The molecule has 1 aliphatic heterocycles. The van der Waals surface area contributed by atoms with E-state index in [9.17, 15) is 9.59 Å². The molecule has 7 nitrogen and oxygen atoms in total. The maximum Gasteiger partial charge on any atom is 0.332 e. The summed E-state index contributed by atoms with van der Waals surface area (Å²) in [7, 11) is 3.96. The highest BCUT2D eigenvalue weighted by Crippen LogP contribution is 2.12. The SMILES string of the molecule is CN(C)C1CCN(C(=O)NCCC(O)C(=O)O)C1. The average Bonchev–Trinajstić information content (AvgIpc) is 2.77. The summed E-state index contributed by atoms with van der Waals surface area (Å²) in [5, 5.41) is 20.1. The van der Waals surface area contributed by atoms with E-state index in [1.165, 1.54) is 0 Å². The fourth-order valence-corrected chi connectivity index (χ4v) is 1.90. The van der Waals surface area contributed by atoms with Gasteiger partial charge in [-0.25, -0.2) is 9.59 Å². The smallest absolute Gasteiger partial charge is 0.332 e. The van der Waals surface area contributed by atoms with Gasteiger partial charge in [-0.15, -0.1) is 0 Å². The quantitative estimate of drug-likeness (QED) is 0.599. The third-order valence-electron chi connectivity index (χ3n) is 3.16. The Hall–Kier alpha value is -1.34. The van der Waals surface area contributed by atoms with Crippen molar-refractivity contribution in [3.63, 3.8) is 0 Å². The highest BCUT2D eigenvalue weighted by molar-refractivity contribution is 5.75. The molecule has 104 valence electrons. The number of hydrogen-bond donors (Lipinski definition) is 3. The van der Waals surface area contributed by atoms with E-state index in [0.29, 0.717) is 19.1 Å². The van der Waals surface area contributed by atoms with Gasteiger partial charge in [0.05, 0.1) is 0 Å². The Morgan fingerprint density at radius 1 is 1.50 bits per heavy atom. The van der Waals surface area contributed by atoms with Gasteiger partial charge in [-0.2, -0.15) is 0 Å².